The molecule has 2 aliphatic rings. The molecule has 212 valence electrons. The van der Waals surface area contributed by atoms with E-state index in [0.717, 1.165) is 6.07 Å². The van der Waals surface area contributed by atoms with Gasteiger partial charge in [0.2, 0.25) is 0 Å². The molecule has 40 heavy (non-hydrogen) atoms. The Morgan fingerprint density at radius 1 is 0.900 bits per heavy atom. The Morgan fingerprint density at radius 2 is 1.55 bits per heavy atom. The summed E-state index contributed by atoms with van der Waals surface area (Å²) in [6, 6.07) is 9.04. The third-order valence-electron chi connectivity index (χ3n) is 7.81. The van der Waals surface area contributed by atoms with E-state index in [1.807, 2.05) is 6.92 Å². The van der Waals surface area contributed by atoms with Crippen LogP contribution in [0.2, 0.25) is 0 Å². The van der Waals surface area contributed by atoms with Crippen molar-refractivity contribution >= 4 is 5.97 Å². The van der Waals surface area contributed by atoms with E-state index in [1.165, 1.54) is 36.4 Å². The number of benzene rings is 3. The fourth-order valence-corrected chi connectivity index (χ4v) is 5.45. The Morgan fingerprint density at radius 3 is 2.20 bits per heavy atom. The number of rotatable bonds is 8. The summed E-state index contributed by atoms with van der Waals surface area (Å²) in [6.07, 6.45) is 0.981. The zero-order valence-electron chi connectivity index (χ0n) is 21.9. The molecule has 3 aromatic carbocycles. The van der Waals surface area contributed by atoms with Crippen LogP contribution >= 0.6 is 0 Å². The molecule has 0 bridgehead atoms. The molecule has 0 spiro atoms. The van der Waals surface area contributed by atoms with Crippen molar-refractivity contribution in [3.05, 3.63) is 88.2 Å². The predicted molar refractivity (Wildman–Crippen MR) is 137 cm³/mol. The summed E-state index contributed by atoms with van der Waals surface area (Å²) in [5.74, 6) is -6.63. The minimum atomic E-state index is -1.18. The number of aliphatic hydroxyl groups excluding tert-OH is 1. The lowest BCUT2D eigenvalue weighted by Gasteiger charge is -2.28. The molecule has 2 fully saturated rings. The highest BCUT2D eigenvalue weighted by Crippen LogP contribution is 2.40. The van der Waals surface area contributed by atoms with Crippen molar-refractivity contribution in [2.24, 2.45) is 5.92 Å². The molecule has 5 rings (SSSR count). The largest absolute Gasteiger partial charge is 0.426 e. The van der Waals surface area contributed by atoms with Crippen LogP contribution in [0.5, 0.6) is 5.75 Å². The van der Waals surface area contributed by atoms with Crippen molar-refractivity contribution in [3.8, 4) is 16.9 Å². The standard InChI is InChI=1S/C31H29F5O4/c1-2-3-25(37)22-12-10-19(27(33)29(22)35)16-4-6-17(7-5-16)31(38)40-18-8-9-20(24(32)14-18)21-11-13-23(26-15-39-26)30(36)28(21)34/h8-14,16-17,25-26,37H,2-7,15H2,1H3. The third-order valence-corrected chi connectivity index (χ3v) is 7.81. The van der Waals surface area contributed by atoms with Crippen molar-refractivity contribution in [3.63, 3.8) is 0 Å². The first-order chi connectivity index (χ1) is 19.2. The molecular weight excluding hydrogens is 531 g/mol. The van der Waals surface area contributed by atoms with Crippen LogP contribution in [0.3, 0.4) is 0 Å². The monoisotopic (exact) mass is 560 g/mol. The first-order valence-corrected chi connectivity index (χ1v) is 13.5. The van der Waals surface area contributed by atoms with Gasteiger partial charge >= 0.3 is 5.97 Å². The number of hydrogen-bond acceptors (Lipinski definition) is 4. The molecule has 1 aliphatic carbocycles. The van der Waals surface area contributed by atoms with Crippen molar-refractivity contribution in [2.45, 2.75) is 63.6 Å². The van der Waals surface area contributed by atoms with E-state index in [1.54, 1.807) is 0 Å². The maximum atomic E-state index is 14.9. The number of aliphatic hydroxyl groups is 1. The van der Waals surface area contributed by atoms with Crippen molar-refractivity contribution < 1.29 is 41.3 Å². The lowest BCUT2D eigenvalue weighted by Crippen LogP contribution is -2.25. The van der Waals surface area contributed by atoms with Crippen LogP contribution in [-0.4, -0.2) is 17.7 Å². The van der Waals surface area contributed by atoms with E-state index in [9.17, 15) is 31.9 Å². The van der Waals surface area contributed by atoms with Gasteiger partial charge in [0.05, 0.1) is 18.6 Å². The molecule has 1 saturated heterocycles. The van der Waals surface area contributed by atoms with Gasteiger partial charge < -0.3 is 14.6 Å². The maximum Gasteiger partial charge on any atom is 0.314 e. The highest BCUT2D eigenvalue weighted by Gasteiger charge is 2.32. The van der Waals surface area contributed by atoms with Gasteiger partial charge in [-0.1, -0.05) is 37.6 Å². The number of carbonyl (C=O) groups excluding carboxylic acids is 1. The van der Waals surface area contributed by atoms with Gasteiger partial charge in [-0.2, -0.15) is 0 Å². The molecular formula is C31H29F5O4. The van der Waals surface area contributed by atoms with Gasteiger partial charge in [0.1, 0.15) is 17.7 Å². The fraction of sp³-hybridized carbons (Fsp3) is 0.387. The number of esters is 1. The Labute approximate surface area is 228 Å². The average molecular weight is 561 g/mol. The normalized spacial score (nSPS) is 21.2. The van der Waals surface area contributed by atoms with Gasteiger partial charge in [0.15, 0.2) is 23.3 Å². The van der Waals surface area contributed by atoms with Crippen LogP contribution in [0.25, 0.3) is 11.1 Å². The summed E-state index contributed by atoms with van der Waals surface area (Å²) in [7, 11) is 0. The highest BCUT2D eigenvalue weighted by atomic mass is 19.2. The lowest BCUT2D eigenvalue weighted by molar-refractivity contribution is -0.140. The smallest absolute Gasteiger partial charge is 0.314 e. The molecule has 0 amide bonds. The van der Waals surface area contributed by atoms with Crippen LogP contribution in [0.15, 0.2) is 42.5 Å². The van der Waals surface area contributed by atoms with Crippen molar-refractivity contribution in [1.29, 1.82) is 0 Å². The van der Waals surface area contributed by atoms with E-state index in [-0.39, 0.29) is 39.5 Å². The molecule has 2 atom stereocenters. The third kappa shape index (κ3) is 5.63. The Kier molecular flexibility index (Phi) is 8.24. The second-order valence-corrected chi connectivity index (χ2v) is 10.4. The lowest BCUT2D eigenvalue weighted by atomic mass is 9.78. The van der Waals surface area contributed by atoms with Gasteiger partial charge in [-0.25, -0.2) is 22.0 Å². The predicted octanol–water partition coefficient (Wildman–Crippen LogP) is 7.83. The summed E-state index contributed by atoms with van der Waals surface area (Å²) >= 11 is 0. The molecule has 4 nitrogen and oxygen atoms in total. The number of carbonyl (C=O) groups is 1. The van der Waals surface area contributed by atoms with E-state index < -0.39 is 53.2 Å². The van der Waals surface area contributed by atoms with Gasteiger partial charge in [0.25, 0.3) is 0 Å². The minimum absolute atomic E-state index is 0.0589. The number of epoxide rings is 1. The second kappa shape index (κ2) is 11.7. The molecule has 3 aromatic rings. The first kappa shape index (κ1) is 28.2. The minimum Gasteiger partial charge on any atom is -0.426 e. The van der Waals surface area contributed by atoms with Crippen LogP contribution in [0.1, 0.15) is 80.3 Å². The van der Waals surface area contributed by atoms with E-state index in [0.29, 0.717) is 45.1 Å². The van der Waals surface area contributed by atoms with Crippen LogP contribution in [-0.2, 0) is 9.53 Å². The summed E-state index contributed by atoms with van der Waals surface area (Å²) in [4.78, 5) is 12.8. The van der Waals surface area contributed by atoms with Gasteiger partial charge in [-0.05, 0) is 55.7 Å². The Bertz CT molecular complexity index is 1410. The van der Waals surface area contributed by atoms with Crippen molar-refractivity contribution in [2.75, 3.05) is 6.61 Å². The Hall–Kier alpha value is -3.30. The second-order valence-electron chi connectivity index (χ2n) is 10.4. The fourth-order valence-electron chi connectivity index (χ4n) is 5.45. The summed E-state index contributed by atoms with van der Waals surface area (Å²) in [5, 5.41) is 10.1. The van der Waals surface area contributed by atoms with E-state index in [4.69, 9.17) is 9.47 Å². The quantitative estimate of drug-likeness (QED) is 0.132. The van der Waals surface area contributed by atoms with Crippen LogP contribution in [0.4, 0.5) is 22.0 Å². The van der Waals surface area contributed by atoms with E-state index >= 15 is 0 Å². The van der Waals surface area contributed by atoms with Gasteiger partial charge in [-0.15, -0.1) is 0 Å². The highest BCUT2D eigenvalue weighted by molar-refractivity contribution is 5.76. The average Bonchev–Trinajstić information content (AvgIpc) is 3.78. The topological polar surface area (TPSA) is 59.1 Å². The van der Waals surface area contributed by atoms with Gasteiger partial charge in [0, 0.05) is 28.3 Å². The van der Waals surface area contributed by atoms with E-state index in [2.05, 4.69) is 0 Å². The SMILES string of the molecule is CCCC(O)c1ccc(C2CCC(C(=O)Oc3ccc(-c4ccc(C5CO5)c(F)c4F)c(F)c3)CC2)c(F)c1F. The van der Waals surface area contributed by atoms with Crippen LogP contribution < -0.4 is 4.74 Å². The van der Waals surface area contributed by atoms with Gasteiger partial charge in [-0.3, -0.25) is 4.79 Å². The molecule has 0 radical (unpaired) electrons. The molecule has 1 aliphatic heterocycles. The summed E-state index contributed by atoms with van der Waals surface area (Å²) in [6.45, 7) is 2.15. The number of hydrogen-bond donors (Lipinski definition) is 1. The summed E-state index contributed by atoms with van der Waals surface area (Å²) in [5.41, 5.74) is -0.195. The maximum absolute atomic E-state index is 14.9. The molecule has 9 heteroatoms. The van der Waals surface area contributed by atoms with Crippen molar-refractivity contribution in [1.82, 2.24) is 0 Å². The zero-order valence-corrected chi connectivity index (χ0v) is 21.9. The van der Waals surface area contributed by atoms with Crippen LogP contribution in [0, 0.1) is 35.0 Å². The molecule has 0 aromatic heterocycles. The number of ether oxygens (including phenoxy) is 2. The zero-order chi connectivity index (χ0) is 28.6. The molecule has 1 N–H and O–H groups in total. The first-order valence-electron chi connectivity index (χ1n) is 13.5. The summed E-state index contributed by atoms with van der Waals surface area (Å²) < 4.78 is 83.7. The Balaban J connectivity index is 1.21. The molecule has 2 unspecified atom stereocenters. The number of halogens is 5. The molecule has 1 saturated carbocycles. The molecule has 1 heterocycles.